The number of hydrogen-bond donors (Lipinski definition) is 2. The van der Waals surface area contributed by atoms with Gasteiger partial charge in [0.25, 0.3) is 0 Å². The number of aromatic nitrogens is 2. The molecule has 0 spiro atoms. The van der Waals surface area contributed by atoms with Crippen LogP contribution in [0.1, 0.15) is 5.56 Å². The first-order valence-corrected chi connectivity index (χ1v) is 6.66. The van der Waals surface area contributed by atoms with Gasteiger partial charge in [0.2, 0.25) is 0 Å². The quantitative estimate of drug-likeness (QED) is 0.655. The Morgan fingerprint density at radius 2 is 1.90 bits per heavy atom. The van der Waals surface area contributed by atoms with E-state index < -0.39 is 11.6 Å². The van der Waals surface area contributed by atoms with Gasteiger partial charge in [-0.25, -0.2) is 13.8 Å². The van der Waals surface area contributed by atoms with E-state index in [-0.39, 0.29) is 11.3 Å². The molecule has 0 fully saturated rings. The topological polar surface area (TPSA) is 54.7 Å². The van der Waals surface area contributed by atoms with Crippen molar-refractivity contribution >= 4 is 32.7 Å². The van der Waals surface area contributed by atoms with Crippen LogP contribution >= 0.6 is 15.9 Å². The first kappa shape index (κ1) is 13.1. The summed E-state index contributed by atoms with van der Waals surface area (Å²) >= 11 is 3.39. The molecule has 3 nitrogen and oxygen atoms in total. The highest BCUT2D eigenvalue weighted by Gasteiger charge is 2.14. The summed E-state index contributed by atoms with van der Waals surface area (Å²) in [5, 5.41) is 0. The van der Waals surface area contributed by atoms with Gasteiger partial charge >= 0.3 is 0 Å². The summed E-state index contributed by atoms with van der Waals surface area (Å²) < 4.78 is 28.0. The van der Waals surface area contributed by atoms with E-state index in [9.17, 15) is 8.78 Å². The van der Waals surface area contributed by atoms with Crippen molar-refractivity contribution in [1.82, 2.24) is 9.97 Å². The number of aromatic amines is 1. The van der Waals surface area contributed by atoms with Crippen LogP contribution in [-0.4, -0.2) is 9.97 Å². The van der Waals surface area contributed by atoms with Crippen LogP contribution in [0.4, 0.5) is 14.5 Å². The maximum absolute atomic E-state index is 13.9. The molecule has 3 N–H and O–H groups in total. The third kappa shape index (κ3) is 2.06. The van der Waals surface area contributed by atoms with E-state index in [1.165, 1.54) is 6.07 Å². The molecule has 0 aliphatic heterocycles. The van der Waals surface area contributed by atoms with Crippen LogP contribution in [-0.2, 0) is 0 Å². The molecule has 20 heavy (non-hydrogen) atoms. The molecule has 3 aromatic rings. The maximum atomic E-state index is 13.9. The Balaban J connectivity index is 2.25. The van der Waals surface area contributed by atoms with Crippen molar-refractivity contribution in [1.29, 1.82) is 0 Å². The maximum Gasteiger partial charge on any atom is 0.149 e. The van der Waals surface area contributed by atoms with E-state index >= 15 is 0 Å². The fraction of sp³-hybridized carbons (Fsp3) is 0.0714. The van der Waals surface area contributed by atoms with Gasteiger partial charge in [-0.05, 0) is 30.7 Å². The molecule has 0 atom stereocenters. The van der Waals surface area contributed by atoms with Gasteiger partial charge in [-0.15, -0.1) is 0 Å². The Kier molecular flexibility index (Phi) is 2.97. The van der Waals surface area contributed by atoms with E-state index in [2.05, 4.69) is 25.9 Å². The number of anilines is 1. The number of halogens is 3. The molecule has 0 bridgehead atoms. The lowest BCUT2D eigenvalue weighted by atomic mass is 10.1. The second-order valence-electron chi connectivity index (χ2n) is 4.56. The van der Waals surface area contributed by atoms with E-state index in [1.54, 1.807) is 0 Å². The highest BCUT2D eigenvalue weighted by Crippen LogP contribution is 2.29. The Morgan fingerprint density at radius 1 is 1.15 bits per heavy atom. The van der Waals surface area contributed by atoms with Gasteiger partial charge in [-0.1, -0.05) is 15.9 Å². The Morgan fingerprint density at radius 3 is 2.65 bits per heavy atom. The third-order valence-corrected chi connectivity index (χ3v) is 3.54. The largest absolute Gasteiger partial charge is 0.396 e. The van der Waals surface area contributed by atoms with Crippen LogP contribution in [0.5, 0.6) is 0 Å². The van der Waals surface area contributed by atoms with Gasteiger partial charge in [-0.2, -0.15) is 0 Å². The smallest absolute Gasteiger partial charge is 0.149 e. The molecule has 0 radical (unpaired) electrons. The number of nitrogens with one attached hydrogen (secondary N) is 1. The lowest BCUT2D eigenvalue weighted by Crippen LogP contribution is -1.95. The van der Waals surface area contributed by atoms with Crippen LogP contribution < -0.4 is 5.73 Å². The van der Waals surface area contributed by atoms with E-state index in [1.807, 2.05) is 19.1 Å². The minimum atomic E-state index is -0.777. The number of hydrogen-bond acceptors (Lipinski definition) is 2. The SMILES string of the molecule is Cc1cc(Br)cc2[nH]c(-c3cc(N)c(F)cc3F)nc12. The van der Waals surface area contributed by atoms with Gasteiger partial charge in [-0.3, -0.25) is 0 Å². The Hall–Kier alpha value is -1.95. The van der Waals surface area contributed by atoms with Gasteiger partial charge < -0.3 is 10.7 Å². The number of rotatable bonds is 1. The molecule has 0 saturated heterocycles. The molecule has 0 aliphatic rings. The van der Waals surface area contributed by atoms with Crippen molar-refractivity contribution in [3.63, 3.8) is 0 Å². The molecule has 3 rings (SSSR count). The van der Waals surface area contributed by atoms with Crippen molar-refractivity contribution in [2.24, 2.45) is 0 Å². The number of nitrogens with zero attached hydrogens (tertiary/aromatic N) is 1. The lowest BCUT2D eigenvalue weighted by Gasteiger charge is -2.02. The third-order valence-electron chi connectivity index (χ3n) is 3.08. The molecule has 0 amide bonds. The summed E-state index contributed by atoms with van der Waals surface area (Å²) in [5.74, 6) is -1.15. The summed E-state index contributed by atoms with van der Waals surface area (Å²) in [4.78, 5) is 7.38. The molecule has 102 valence electrons. The highest BCUT2D eigenvalue weighted by atomic mass is 79.9. The van der Waals surface area contributed by atoms with E-state index in [0.717, 1.165) is 27.1 Å². The van der Waals surface area contributed by atoms with Gasteiger partial charge in [0, 0.05) is 10.5 Å². The number of nitrogens with two attached hydrogens (primary N) is 1. The number of aryl methyl sites for hydroxylation is 1. The van der Waals surface area contributed by atoms with Crippen molar-refractivity contribution < 1.29 is 8.78 Å². The average molecular weight is 338 g/mol. The zero-order chi connectivity index (χ0) is 14.4. The molecule has 0 saturated carbocycles. The average Bonchev–Trinajstić information content (AvgIpc) is 2.77. The van der Waals surface area contributed by atoms with Crippen molar-refractivity contribution in [2.75, 3.05) is 5.73 Å². The summed E-state index contributed by atoms with van der Waals surface area (Å²) in [6.07, 6.45) is 0. The number of nitrogen functional groups attached to an aromatic ring is 1. The van der Waals surface area contributed by atoms with Crippen molar-refractivity contribution in [2.45, 2.75) is 6.92 Å². The first-order valence-electron chi connectivity index (χ1n) is 5.86. The van der Waals surface area contributed by atoms with Crippen molar-refractivity contribution in [3.05, 3.63) is 45.9 Å². The van der Waals surface area contributed by atoms with Crippen LogP contribution in [0.3, 0.4) is 0 Å². The standard InChI is InChI=1S/C14H10BrF2N3/c1-6-2-7(15)3-12-13(6)20-14(19-12)8-4-11(18)10(17)5-9(8)16/h2-5H,18H2,1H3,(H,19,20). The summed E-state index contributed by atoms with van der Waals surface area (Å²) in [7, 11) is 0. The molecule has 0 unspecified atom stereocenters. The molecule has 1 aromatic heterocycles. The van der Waals surface area contributed by atoms with Gasteiger partial charge in [0.1, 0.15) is 17.5 Å². The predicted molar refractivity (Wildman–Crippen MR) is 78.3 cm³/mol. The normalized spacial score (nSPS) is 11.2. The Labute approximate surface area is 122 Å². The van der Waals surface area contributed by atoms with Gasteiger partial charge in [0.15, 0.2) is 0 Å². The minimum absolute atomic E-state index is 0.111. The Bertz CT molecular complexity index is 827. The number of fused-ring (bicyclic) bond motifs is 1. The molecule has 6 heteroatoms. The van der Waals surface area contributed by atoms with Crippen LogP contribution in [0, 0.1) is 18.6 Å². The predicted octanol–water partition coefficient (Wildman–Crippen LogP) is 4.16. The summed E-state index contributed by atoms with van der Waals surface area (Å²) in [6.45, 7) is 1.91. The second-order valence-corrected chi connectivity index (χ2v) is 5.47. The van der Waals surface area contributed by atoms with Crippen LogP contribution in [0.2, 0.25) is 0 Å². The zero-order valence-electron chi connectivity index (χ0n) is 10.5. The van der Waals surface area contributed by atoms with Crippen molar-refractivity contribution in [3.8, 4) is 11.4 Å². The molecule has 2 aromatic carbocycles. The fourth-order valence-electron chi connectivity index (χ4n) is 2.12. The van der Waals surface area contributed by atoms with Gasteiger partial charge in [0.05, 0.1) is 22.3 Å². The fourth-order valence-corrected chi connectivity index (χ4v) is 2.69. The zero-order valence-corrected chi connectivity index (χ0v) is 12.1. The monoisotopic (exact) mass is 337 g/mol. The lowest BCUT2D eigenvalue weighted by molar-refractivity contribution is 0.588. The molecular formula is C14H10BrF2N3. The number of imidazole rings is 1. The van der Waals surface area contributed by atoms with E-state index in [0.29, 0.717) is 5.82 Å². The second kappa shape index (κ2) is 4.56. The number of benzene rings is 2. The molecular weight excluding hydrogens is 328 g/mol. The van der Waals surface area contributed by atoms with Crippen LogP contribution in [0.15, 0.2) is 28.7 Å². The molecule has 0 aliphatic carbocycles. The number of H-pyrrole nitrogens is 1. The summed E-state index contributed by atoms with van der Waals surface area (Å²) in [6, 6.07) is 5.78. The molecule has 1 heterocycles. The van der Waals surface area contributed by atoms with E-state index in [4.69, 9.17) is 5.73 Å². The first-order chi connectivity index (χ1) is 9.45. The summed E-state index contributed by atoms with van der Waals surface area (Å²) in [5.41, 5.74) is 7.99. The van der Waals surface area contributed by atoms with Crippen LogP contribution in [0.25, 0.3) is 22.4 Å². The highest BCUT2D eigenvalue weighted by molar-refractivity contribution is 9.10. The minimum Gasteiger partial charge on any atom is -0.396 e.